The minimum Gasteiger partial charge on any atom is -0.322 e. The van der Waals surface area contributed by atoms with Crippen LogP contribution < -0.4 is 10.7 Å². The van der Waals surface area contributed by atoms with Gasteiger partial charge in [-0.2, -0.15) is 5.01 Å². The molecule has 1 aliphatic heterocycles. The topological polar surface area (TPSA) is 109 Å². The minimum absolute atomic E-state index is 0.0305. The van der Waals surface area contributed by atoms with Gasteiger partial charge >= 0.3 is 6.03 Å². The number of nitrogens with one attached hydrogen (secondary N) is 2. The van der Waals surface area contributed by atoms with Gasteiger partial charge in [0, 0.05) is 0 Å². The van der Waals surface area contributed by atoms with Gasteiger partial charge in [-0.1, -0.05) is 55.1 Å². The lowest BCUT2D eigenvalue weighted by Crippen LogP contribution is -2.49. The van der Waals surface area contributed by atoms with Crippen LogP contribution >= 0.6 is 23.1 Å². The first-order valence-corrected chi connectivity index (χ1v) is 11.9. The normalized spacial score (nSPS) is 18.1. The molecule has 0 bridgehead atoms. The number of hydrogen-bond acceptors (Lipinski definition) is 7. The van der Waals surface area contributed by atoms with Crippen LogP contribution in [-0.2, 0) is 16.1 Å². The van der Waals surface area contributed by atoms with E-state index in [1.807, 2.05) is 52.4 Å². The zero-order chi connectivity index (χ0) is 22.7. The molecule has 3 aromatic rings. The first kappa shape index (κ1) is 22.0. The Morgan fingerprint density at radius 2 is 1.97 bits per heavy atom. The van der Waals surface area contributed by atoms with Crippen LogP contribution in [0.1, 0.15) is 25.8 Å². The van der Waals surface area contributed by atoms with E-state index in [0.717, 1.165) is 21.3 Å². The predicted octanol–water partition coefficient (Wildman–Crippen LogP) is 2.90. The Morgan fingerprint density at radius 3 is 2.62 bits per heavy atom. The fourth-order valence-corrected chi connectivity index (χ4v) is 4.65. The summed E-state index contributed by atoms with van der Waals surface area (Å²) in [6, 6.07) is 13.2. The third kappa shape index (κ3) is 4.39. The van der Waals surface area contributed by atoms with Crippen LogP contribution in [-0.4, -0.2) is 48.9 Å². The molecule has 0 aliphatic carbocycles. The van der Waals surface area contributed by atoms with E-state index >= 15 is 0 Å². The summed E-state index contributed by atoms with van der Waals surface area (Å²) >= 11 is 2.76. The minimum atomic E-state index is -1.01. The maximum Gasteiger partial charge on any atom is 0.344 e. The summed E-state index contributed by atoms with van der Waals surface area (Å²) < 4.78 is 1.96. The van der Waals surface area contributed by atoms with Crippen molar-refractivity contribution in [2.45, 2.75) is 37.5 Å². The van der Waals surface area contributed by atoms with Gasteiger partial charge in [0.05, 0.1) is 17.2 Å². The van der Waals surface area contributed by atoms with Crippen LogP contribution in [0.3, 0.4) is 0 Å². The number of rotatable bonds is 8. The van der Waals surface area contributed by atoms with E-state index in [2.05, 4.69) is 20.9 Å². The Hall–Kier alpha value is -3.18. The molecule has 1 atom stereocenters. The van der Waals surface area contributed by atoms with Gasteiger partial charge in [0.15, 0.2) is 11.0 Å². The van der Waals surface area contributed by atoms with Gasteiger partial charge in [-0.05, 0) is 30.4 Å². The molecule has 1 unspecified atom stereocenters. The van der Waals surface area contributed by atoms with Crippen LogP contribution in [0.4, 0.5) is 4.79 Å². The molecule has 32 heavy (non-hydrogen) atoms. The number of nitrogens with zero attached hydrogens (tertiary/aromatic N) is 4. The second kappa shape index (κ2) is 9.13. The highest BCUT2D eigenvalue weighted by molar-refractivity contribution is 7.99. The third-order valence-corrected chi connectivity index (χ3v) is 7.01. The second-order valence-corrected chi connectivity index (χ2v) is 9.33. The number of amides is 4. The number of carbonyl (C=O) groups is 3. The molecule has 1 saturated heterocycles. The summed E-state index contributed by atoms with van der Waals surface area (Å²) in [5.74, 6) is -0.266. The number of carbonyl (C=O) groups excluding carboxylic acids is 3. The molecule has 0 saturated carbocycles. The second-order valence-electron chi connectivity index (χ2n) is 7.44. The molecular formula is C21H22N6O3S2. The largest absolute Gasteiger partial charge is 0.344 e. The van der Waals surface area contributed by atoms with Crippen molar-refractivity contribution in [1.82, 2.24) is 30.5 Å². The van der Waals surface area contributed by atoms with Crippen molar-refractivity contribution in [3.05, 3.63) is 53.4 Å². The number of hydrazine groups is 1. The molecular weight excluding hydrogens is 448 g/mol. The third-order valence-electron chi connectivity index (χ3n) is 5.18. The quantitative estimate of drug-likeness (QED) is 0.387. The van der Waals surface area contributed by atoms with Crippen molar-refractivity contribution in [3.8, 4) is 10.7 Å². The molecule has 2 N–H and O–H groups in total. The fourth-order valence-electron chi connectivity index (χ4n) is 3.20. The monoisotopic (exact) mass is 470 g/mol. The number of urea groups is 1. The highest BCUT2D eigenvalue weighted by Crippen LogP contribution is 2.28. The molecule has 3 heterocycles. The van der Waals surface area contributed by atoms with Crippen molar-refractivity contribution in [2.24, 2.45) is 0 Å². The molecule has 2 aromatic heterocycles. The lowest BCUT2D eigenvalue weighted by atomic mass is 10.00. The van der Waals surface area contributed by atoms with Gasteiger partial charge in [0.1, 0.15) is 5.54 Å². The van der Waals surface area contributed by atoms with Gasteiger partial charge in [0.25, 0.3) is 5.91 Å². The smallest absolute Gasteiger partial charge is 0.322 e. The lowest BCUT2D eigenvalue weighted by molar-refractivity contribution is -0.137. The van der Waals surface area contributed by atoms with Crippen LogP contribution in [0.15, 0.2) is 53.0 Å². The van der Waals surface area contributed by atoms with Crippen LogP contribution in [0.2, 0.25) is 0 Å². The molecule has 4 amide bonds. The van der Waals surface area contributed by atoms with Crippen molar-refractivity contribution in [1.29, 1.82) is 0 Å². The van der Waals surface area contributed by atoms with Crippen molar-refractivity contribution < 1.29 is 14.4 Å². The average Bonchev–Trinajstić information content (AvgIpc) is 3.50. The van der Waals surface area contributed by atoms with E-state index in [0.29, 0.717) is 18.1 Å². The highest BCUT2D eigenvalue weighted by Gasteiger charge is 2.47. The van der Waals surface area contributed by atoms with Crippen molar-refractivity contribution in [2.75, 3.05) is 5.75 Å². The van der Waals surface area contributed by atoms with E-state index in [1.54, 1.807) is 25.2 Å². The summed E-state index contributed by atoms with van der Waals surface area (Å²) in [4.78, 5) is 38.1. The number of thioether (sulfide) groups is 1. The Morgan fingerprint density at radius 1 is 1.19 bits per heavy atom. The van der Waals surface area contributed by atoms with Gasteiger partial charge < -0.3 is 5.32 Å². The van der Waals surface area contributed by atoms with E-state index in [4.69, 9.17) is 0 Å². The van der Waals surface area contributed by atoms with E-state index in [-0.39, 0.29) is 5.75 Å². The van der Waals surface area contributed by atoms with Crippen LogP contribution in [0.25, 0.3) is 10.7 Å². The molecule has 1 fully saturated rings. The zero-order valence-corrected chi connectivity index (χ0v) is 19.2. The van der Waals surface area contributed by atoms with Gasteiger partial charge in [-0.25, -0.2) is 4.79 Å². The number of benzene rings is 1. The van der Waals surface area contributed by atoms with Gasteiger partial charge in [0.2, 0.25) is 5.91 Å². The number of aromatic nitrogens is 3. The van der Waals surface area contributed by atoms with Crippen LogP contribution in [0.5, 0.6) is 0 Å². The summed E-state index contributed by atoms with van der Waals surface area (Å²) in [7, 11) is 0. The average molecular weight is 471 g/mol. The molecule has 0 radical (unpaired) electrons. The Kier molecular flexibility index (Phi) is 6.28. The van der Waals surface area contributed by atoms with E-state index in [9.17, 15) is 14.4 Å². The molecule has 9 nitrogen and oxygen atoms in total. The molecule has 1 aliphatic rings. The van der Waals surface area contributed by atoms with Crippen molar-refractivity contribution in [3.63, 3.8) is 0 Å². The van der Waals surface area contributed by atoms with E-state index < -0.39 is 23.4 Å². The van der Waals surface area contributed by atoms with Crippen LogP contribution in [0, 0.1) is 0 Å². The van der Waals surface area contributed by atoms with Crippen molar-refractivity contribution >= 4 is 40.9 Å². The van der Waals surface area contributed by atoms with E-state index in [1.165, 1.54) is 11.8 Å². The molecule has 11 heteroatoms. The standard InChI is InChI=1S/C21H22N6O3S2/c1-3-21(2)18(29)27(19(30)22-21)25-16(28)13-32-20-24-23-17(15-10-7-11-31-15)26(20)12-14-8-5-4-6-9-14/h4-11H,3,12-13H2,1-2H3,(H,22,30)(H,25,28). The summed E-state index contributed by atoms with van der Waals surface area (Å²) in [6.07, 6.45) is 0.423. The summed E-state index contributed by atoms with van der Waals surface area (Å²) in [6.45, 7) is 3.98. The van der Waals surface area contributed by atoms with Gasteiger partial charge in [-0.3, -0.25) is 19.6 Å². The summed E-state index contributed by atoms with van der Waals surface area (Å²) in [5.41, 5.74) is 2.47. The summed E-state index contributed by atoms with van der Waals surface area (Å²) in [5, 5.41) is 14.5. The molecule has 0 spiro atoms. The number of imide groups is 1. The molecule has 166 valence electrons. The van der Waals surface area contributed by atoms with Gasteiger partial charge in [-0.15, -0.1) is 21.5 Å². The predicted molar refractivity (Wildman–Crippen MR) is 122 cm³/mol. The Bertz CT molecular complexity index is 1130. The molecule has 4 rings (SSSR count). The molecule has 1 aromatic carbocycles. The lowest BCUT2D eigenvalue weighted by Gasteiger charge is -2.19. The maximum atomic E-state index is 12.5. The first-order chi connectivity index (χ1) is 15.4. The highest BCUT2D eigenvalue weighted by atomic mass is 32.2. The fraction of sp³-hybridized carbons (Fsp3) is 0.286. The number of thiophene rings is 1. The number of hydrogen-bond donors (Lipinski definition) is 2. The SMILES string of the molecule is CCC1(C)NC(=O)N(NC(=O)CSc2nnc(-c3cccs3)n2Cc2ccccc2)C1=O. The maximum absolute atomic E-state index is 12.5. The first-order valence-electron chi connectivity index (χ1n) is 10.0. The zero-order valence-electron chi connectivity index (χ0n) is 17.6. The Labute approximate surface area is 193 Å². The Balaban J connectivity index is 1.48.